The molecule has 0 aliphatic carbocycles. The first-order valence-corrected chi connectivity index (χ1v) is 6.53. The average Bonchev–Trinajstić information content (AvgIpc) is 2.99. The molecule has 0 saturated heterocycles. The molecule has 0 aliphatic heterocycles. The molecule has 0 bridgehead atoms. The van der Waals surface area contributed by atoms with Crippen LogP contribution in [0.3, 0.4) is 0 Å². The minimum absolute atomic E-state index is 0.0260. The molecule has 0 unspecified atom stereocenters. The van der Waals surface area contributed by atoms with Crippen molar-refractivity contribution in [1.29, 1.82) is 0 Å². The van der Waals surface area contributed by atoms with E-state index in [9.17, 15) is 14.9 Å². The summed E-state index contributed by atoms with van der Waals surface area (Å²) in [6, 6.07) is 9.08. The highest BCUT2D eigenvalue weighted by Gasteiger charge is 2.05. The second-order valence-corrected chi connectivity index (χ2v) is 4.50. The number of benzene rings is 1. The molecule has 22 heavy (non-hydrogen) atoms. The highest BCUT2D eigenvalue weighted by Crippen LogP contribution is 2.15. The Balaban J connectivity index is 1.87. The number of carbonyl (C=O) groups is 1. The topological polar surface area (TPSA) is 97.4 Å². The summed E-state index contributed by atoms with van der Waals surface area (Å²) in [7, 11) is 0. The van der Waals surface area contributed by atoms with E-state index in [2.05, 4.69) is 10.6 Å². The Morgan fingerprint density at radius 3 is 2.59 bits per heavy atom. The molecular formula is C14H11N3O4S. The van der Waals surface area contributed by atoms with Gasteiger partial charge in [-0.1, -0.05) is 0 Å². The number of rotatable bonds is 4. The van der Waals surface area contributed by atoms with E-state index in [-0.39, 0.29) is 10.8 Å². The predicted molar refractivity (Wildman–Crippen MR) is 85.2 cm³/mol. The monoisotopic (exact) mass is 317 g/mol. The summed E-state index contributed by atoms with van der Waals surface area (Å²) in [5.74, 6) is 0.125. The van der Waals surface area contributed by atoms with Crippen molar-refractivity contribution in [3.8, 4) is 0 Å². The first-order valence-electron chi connectivity index (χ1n) is 6.12. The number of nitro benzene ring substituents is 1. The van der Waals surface area contributed by atoms with Gasteiger partial charge in [0, 0.05) is 23.9 Å². The van der Waals surface area contributed by atoms with Gasteiger partial charge < -0.3 is 9.73 Å². The summed E-state index contributed by atoms with van der Waals surface area (Å²) in [5.41, 5.74) is 0.507. The number of non-ortho nitro benzene ring substituents is 1. The number of nitrogens with one attached hydrogen (secondary N) is 2. The molecule has 0 fully saturated rings. The fraction of sp³-hybridized carbons (Fsp3) is 0. The van der Waals surface area contributed by atoms with Gasteiger partial charge in [-0.05, 0) is 42.6 Å². The number of thiocarbonyl (C=S) groups is 1. The molecule has 0 radical (unpaired) electrons. The highest BCUT2D eigenvalue weighted by molar-refractivity contribution is 7.80. The summed E-state index contributed by atoms with van der Waals surface area (Å²) in [5, 5.41) is 15.8. The fourth-order valence-electron chi connectivity index (χ4n) is 1.53. The van der Waals surface area contributed by atoms with E-state index in [0.717, 1.165) is 0 Å². The molecule has 0 spiro atoms. The smallest absolute Gasteiger partial charge is 0.269 e. The van der Waals surface area contributed by atoms with E-state index in [1.165, 1.54) is 42.7 Å². The Labute approximate surface area is 130 Å². The molecule has 2 N–H and O–H groups in total. The van der Waals surface area contributed by atoms with Gasteiger partial charge in [-0.25, -0.2) is 0 Å². The minimum atomic E-state index is -0.497. The predicted octanol–water partition coefficient (Wildman–Crippen LogP) is 2.71. The van der Waals surface area contributed by atoms with Crippen LogP contribution in [0.15, 0.2) is 53.2 Å². The highest BCUT2D eigenvalue weighted by atomic mass is 32.1. The lowest BCUT2D eigenvalue weighted by molar-refractivity contribution is -0.384. The zero-order valence-electron chi connectivity index (χ0n) is 11.2. The van der Waals surface area contributed by atoms with E-state index >= 15 is 0 Å². The quantitative estimate of drug-likeness (QED) is 0.389. The molecule has 2 rings (SSSR count). The van der Waals surface area contributed by atoms with Crippen LogP contribution in [0, 0.1) is 10.1 Å². The van der Waals surface area contributed by atoms with Crippen LogP contribution in [0.2, 0.25) is 0 Å². The second kappa shape index (κ2) is 7.14. The van der Waals surface area contributed by atoms with Crippen LogP contribution < -0.4 is 10.6 Å². The molecule has 1 aromatic carbocycles. The van der Waals surface area contributed by atoms with Crippen LogP contribution in [0.1, 0.15) is 5.76 Å². The SMILES string of the molecule is O=C(/C=C/c1ccco1)NC(=S)Nc1ccc([N+](=O)[O-])cc1. The van der Waals surface area contributed by atoms with Crippen molar-refractivity contribution in [1.82, 2.24) is 5.32 Å². The van der Waals surface area contributed by atoms with Crippen LogP contribution in [-0.2, 0) is 4.79 Å². The zero-order valence-corrected chi connectivity index (χ0v) is 12.0. The Morgan fingerprint density at radius 1 is 1.27 bits per heavy atom. The lowest BCUT2D eigenvalue weighted by Crippen LogP contribution is -2.32. The first kappa shape index (κ1) is 15.4. The van der Waals surface area contributed by atoms with Crippen LogP contribution >= 0.6 is 12.2 Å². The average molecular weight is 317 g/mol. The van der Waals surface area contributed by atoms with Crippen LogP contribution in [0.4, 0.5) is 11.4 Å². The number of nitrogens with zero attached hydrogens (tertiary/aromatic N) is 1. The maximum atomic E-state index is 11.6. The van der Waals surface area contributed by atoms with Crippen molar-refractivity contribution in [3.05, 3.63) is 64.6 Å². The maximum absolute atomic E-state index is 11.6. The van der Waals surface area contributed by atoms with Gasteiger partial charge in [0.05, 0.1) is 11.2 Å². The van der Waals surface area contributed by atoms with Crippen molar-refractivity contribution < 1.29 is 14.1 Å². The number of amides is 1. The van der Waals surface area contributed by atoms with Crippen molar-refractivity contribution in [3.63, 3.8) is 0 Å². The lowest BCUT2D eigenvalue weighted by Gasteiger charge is -2.07. The number of furan rings is 1. The van der Waals surface area contributed by atoms with Gasteiger partial charge in [-0.3, -0.25) is 20.2 Å². The van der Waals surface area contributed by atoms with E-state index in [1.54, 1.807) is 12.1 Å². The summed E-state index contributed by atoms with van der Waals surface area (Å²) >= 11 is 4.98. The van der Waals surface area contributed by atoms with Crippen molar-refractivity contribution in [2.24, 2.45) is 0 Å². The van der Waals surface area contributed by atoms with Crippen molar-refractivity contribution in [2.45, 2.75) is 0 Å². The fourth-order valence-corrected chi connectivity index (χ4v) is 1.74. The van der Waals surface area contributed by atoms with Gasteiger partial charge in [0.25, 0.3) is 5.69 Å². The molecule has 1 amide bonds. The van der Waals surface area contributed by atoms with Gasteiger partial charge in [-0.2, -0.15) is 0 Å². The Bertz CT molecular complexity index is 708. The summed E-state index contributed by atoms with van der Waals surface area (Å²) in [4.78, 5) is 21.7. The number of anilines is 1. The number of carbonyl (C=O) groups excluding carboxylic acids is 1. The molecule has 112 valence electrons. The standard InChI is InChI=1S/C14H11N3O4S/c18-13(8-7-12-2-1-9-21-12)16-14(22)15-10-3-5-11(6-4-10)17(19)20/h1-9H,(H2,15,16,18,22)/b8-7+. The third kappa shape index (κ3) is 4.53. The van der Waals surface area contributed by atoms with Gasteiger partial charge >= 0.3 is 0 Å². The summed E-state index contributed by atoms with van der Waals surface area (Å²) < 4.78 is 5.04. The van der Waals surface area contributed by atoms with E-state index in [1.807, 2.05) is 0 Å². The third-order valence-corrected chi connectivity index (χ3v) is 2.72. The van der Waals surface area contributed by atoms with Crippen molar-refractivity contribution >= 4 is 40.7 Å². The third-order valence-electron chi connectivity index (χ3n) is 2.51. The van der Waals surface area contributed by atoms with Crippen LogP contribution in [0.5, 0.6) is 0 Å². The molecule has 0 saturated carbocycles. The van der Waals surface area contributed by atoms with E-state index < -0.39 is 10.8 Å². The number of hydrogen-bond donors (Lipinski definition) is 2. The first-order chi connectivity index (χ1) is 10.5. The largest absolute Gasteiger partial charge is 0.465 e. The van der Waals surface area contributed by atoms with E-state index in [0.29, 0.717) is 11.4 Å². The molecule has 0 atom stereocenters. The Kier molecular flexibility index (Phi) is 4.99. The second-order valence-electron chi connectivity index (χ2n) is 4.10. The van der Waals surface area contributed by atoms with Crippen molar-refractivity contribution in [2.75, 3.05) is 5.32 Å². The molecular weight excluding hydrogens is 306 g/mol. The molecule has 1 aromatic heterocycles. The van der Waals surface area contributed by atoms with Gasteiger partial charge in [0.1, 0.15) is 5.76 Å². The lowest BCUT2D eigenvalue weighted by atomic mass is 10.3. The number of nitro groups is 1. The Hall–Kier alpha value is -3.00. The molecule has 7 nitrogen and oxygen atoms in total. The van der Waals surface area contributed by atoms with Gasteiger partial charge in [0.2, 0.25) is 5.91 Å². The van der Waals surface area contributed by atoms with Crippen LogP contribution in [0.25, 0.3) is 6.08 Å². The maximum Gasteiger partial charge on any atom is 0.269 e. The summed E-state index contributed by atoms with van der Waals surface area (Å²) in [6.45, 7) is 0. The molecule has 0 aliphatic rings. The van der Waals surface area contributed by atoms with Crippen LogP contribution in [-0.4, -0.2) is 15.9 Å². The van der Waals surface area contributed by atoms with Gasteiger partial charge in [0.15, 0.2) is 5.11 Å². The zero-order chi connectivity index (χ0) is 15.9. The van der Waals surface area contributed by atoms with E-state index in [4.69, 9.17) is 16.6 Å². The minimum Gasteiger partial charge on any atom is -0.465 e. The number of hydrogen-bond acceptors (Lipinski definition) is 5. The Morgan fingerprint density at radius 2 is 2.00 bits per heavy atom. The molecule has 8 heteroatoms. The van der Waals surface area contributed by atoms with Gasteiger partial charge in [-0.15, -0.1) is 0 Å². The molecule has 2 aromatic rings. The molecule has 1 heterocycles. The normalized spacial score (nSPS) is 10.4. The summed E-state index contributed by atoms with van der Waals surface area (Å²) in [6.07, 6.45) is 4.28.